The lowest BCUT2D eigenvalue weighted by Crippen LogP contribution is -2.15. The van der Waals surface area contributed by atoms with Crippen LogP contribution in [0.3, 0.4) is 0 Å². The Labute approximate surface area is 225 Å². The zero-order valence-corrected chi connectivity index (χ0v) is 22.3. The van der Waals surface area contributed by atoms with Crippen LogP contribution in [-0.2, 0) is 19.3 Å². The molecule has 5 aromatic rings. The minimum Gasteiger partial charge on any atom is -0.480 e. The fraction of sp³-hybridized carbons (Fsp3) is 0.310. The second-order valence-corrected chi connectivity index (χ2v) is 10.2. The SMILES string of the molecule is COc1ncnc(C2CC2)c1-c1nc(OCc2ccc(-c3nc(C(C)(C)O)cn3C)cc2)c2ncccc2n1. The number of hydrogen-bond acceptors (Lipinski definition) is 9. The van der Waals surface area contributed by atoms with Crippen molar-refractivity contribution in [1.82, 2.24) is 34.5 Å². The lowest BCUT2D eigenvalue weighted by Gasteiger charge is -2.13. The average Bonchev–Trinajstić information content (AvgIpc) is 3.71. The highest BCUT2D eigenvalue weighted by atomic mass is 16.5. The Morgan fingerprint density at radius 2 is 1.79 bits per heavy atom. The molecule has 0 radical (unpaired) electrons. The van der Waals surface area contributed by atoms with Gasteiger partial charge in [0.25, 0.3) is 0 Å². The Balaban J connectivity index is 1.30. The Kier molecular flexibility index (Phi) is 6.19. The maximum Gasteiger partial charge on any atom is 0.244 e. The van der Waals surface area contributed by atoms with Crippen LogP contribution in [0, 0.1) is 0 Å². The van der Waals surface area contributed by atoms with E-state index in [1.807, 2.05) is 54.2 Å². The summed E-state index contributed by atoms with van der Waals surface area (Å²) in [5.74, 6) is 2.41. The van der Waals surface area contributed by atoms with Crippen molar-refractivity contribution in [1.29, 1.82) is 0 Å². The molecular formula is C29H29N7O3. The number of pyridine rings is 1. The van der Waals surface area contributed by atoms with Crippen LogP contribution in [0.5, 0.6) is 11.8 Å². The normalized spacial score (nSPS) is 13.6. The number of methoxy groups -OCH3 is 1. The molecule has 0 saturated heterocycles. The molecule has 1 aromatic carbocycles. The quantitative estimate of drug-likeness (QED) is 0.312. The molecule has 4 heterocycles. The number of ether oxygens (including phenoxy) is 2. The zero-order valence-electron chi connectivity index (χ0n) is 22.3. The van der Waals surface area contributed by atoms with Gasteiger partial charge in [-0.05, 0) is 44.4 Å². The number of nitrogens with zero attached hydrogens (tertiary/aromatic N) is 7. The first-order chi connectivity index (χ1) is 18.8. The van der Waals surface area contributed by atoms with Crippen LogP contribution in [0.15, 0.2) is 55.1 Å². The van der Waals surface area contributed by atoms with Crippen molar-refractivity contribution in [3.05, 3.63) is 72.1 Å². The third kappa shape index (κ3) is 4.90. The number of imidazole rings is 1. The van der Waals surface area contributed by atoms with E-state index in [1.54, 1.807) is 27.2 Å². The second-order valence-electron chi connectivity index (χ2n) is 10.2. The van der Waals surface area contributed by atoms with Gasteiger partial charge in [-0.2, -0.15) is 4.98 Å². The van der Waals surface area contributed by atoms with Crippen molar-refractivity contribution in [2.45, 2.75) is 44.8 Å². The van der Waals surface area contributed by atoms with E-state index in [-0.39, 0.29) is 6.61 Å². The molecule has 0 atom stereocenters. The molecule has 1 saturated carbocycles. The lowest BCUT2D eigenvalue weighted by molar-refractivity contribution is 0.0742. The lowest BCUT2D eigenvalue weighted by atomic mass is 10.1. The monoisotopic (exact) mass is 523 g/mol. The summed E-state index contributed by atoms with van der Waals surface area (Å²) < 4.78 is 13.7. The van der Waals surface area contributed by atoms with Crippen LogP contribution in [0.4, 0.5) is 0 Å². The van der Waals surface area contributed by atoms with Gasteiger partial charge in [-0.1, -0.05) is 24.3 Å². The summed E-state index contributed by atoms with van der Waals surface area (Å²) in [5, 5.41) is 10.3. The molecule has 0 unspecified atom stereocenters. The summed E-state index contributed by atoms with van der Waals surface area (Å²) in [6, 6.07) is 11.7. The standard InChI is InChI=1S/C29H29N7O3/c1-29(2,37)21-14-36(3)26(34-21)19-9-7-17(8-10-19)15-39-28-24-20(6-5-13-30-24)33-25(35-28)22-23(18-11-12-18)31-16-32-27(22)38-4/h5-10,13-14,16,18,37H,11-12,15H2,1-4H3. The van der Waals surface area contributed by atoms with Crippen LogP contribution in [0.25, 0.3) is 33.8 Å². The minimum atomic E-state index is -1.01. The summed E-state index contributed by atoms with van der Waals surface area (Å²) in [4.78, 5) is 27.5. The third-order valence-corrected chi connectivity index (χ3v) is 6.74. The summed E-state index contributed by atoms with van der Waals surface area (Å²) in [7, 11) is 3.50. The molecular weight excluding hydrogens is 494 g/mol. The summed E-state index contributed by atoms with van der Waals surface area (Å²) in [5.41, 5.74) is 4.35. The Morgan fingerprint density at radius 1 is 1.00 bits per heavy atom. The van der Waals surface area contributed by atoms with E-state index >= 15 is 0 Å². The summed E-state index contributed by atoms with van der Waals surface area (Å²) in [6.07, 6.45) is 7.20. The molecule has 0 spiro atoms. The summed E-state index contributed by atoms with van der Waals surface area (Å²) in [6.45, 7) is 3.74. The van der Waals surface area contributed by atoms with Crippen molar-refractivity contribution in [2.24, 2.45) is 7.05 Å². The Morgan fingerprint density at radius 3 is 2.49 bits per heavy atom. The largest absolute Gasteiger partial charge is 0.480 e. The van der Waals surface area contributed by atoms with Gasteiger partial charge in [-0.15, -0.1) is 0 Å². The van der Waals surface area contributed by atoms with Gasteiger partial charge in [0.05, 0.1) is 24.0 Å². The van der Waals surface area contributed by atoms with Gasteiger partial charge in [0.15, 0.2) is 11.3 Å². The molecule has 6 rings (SSSR count). The molecule has 1 N–H and O–H groups in total. The van der Waals surface area contributed by atoms with E-state index in [0.717, 1.165) is 35.5 Å². The fourth-order valence-electron chi connectivity index (χ4n) is 4.50. The molecule has 4 aromatic heterocycles. The number of hydrogen-bond donors (Lipinski definition) is 1. The van der Waals surface area contributed by atoms with Crippen molar-refractivity contribution >= 4 is 11.0 Å². The fourth-order valence-corrected chi connectivity index (χ4v) is 4.50. The molecule has 0 aliphatic heterocycles. The van der Waals surface area contributed by atoms with Crippen molar-refractivity contribution < 1.29 is 14.6 Å². The van der Waals surface area contributed by atoms with Crippen molar-refractivity contribution in [2.75, 3.05) is 7.11 Å². The summed E-state index contributed by atoms with van der Waals surface area (Å²) >= 11 is 0. The molecule has 10 nitrogen and oxygen atoms in total. The molecule has 1 aliphatic rings. The number of aliphatic hydroxyl groups is 1. The van der Waals surface area contributed by atoms with Gasteiger partial charge in [-0.3, -0.25) is 0 Å². The smallest absolute Gasteiger partial charge is 0.244 e. The first-order valence-electron chi connectivity index (χ1n) is 12.8. The van der Waals surface area contributed by atoms with Crippen LogP contribution in [0.1, 0.15) is 49.6 Å². The minimum absolute atomic E-state index is 0.288. The number of rotatable bonds is 8. The van der Waals surface area contributed by atoms with Crippen molar-refractivity contribution in [3.63, 3.8) is 0 Å². The van der Waals surface area contributed by atoms with Gasteiger partial charge >= 0.3 is 0 Å². The van der Waals surface area contributed by atoms with Crippen molar-refractivity contribution in [3.8, 4) is 34.5 Å². The Hall–Kier alpha value is -4.44. The second kappa shape index (κ2) is 9.70. The van der Waals surface area contributed by atoms with Crippen LogP contribution in [0.2, 0.25) is 0 Å². The van der Waals surface area contributed by atoms with Gasteiger partial charge in [0.1, 0.15) is 29.9 Å². The Bertz CT molecular complexity index is 1650. The molecule has 198 valence electrons. The predicted molar refractivity (Wildman–Crippen MR) is 145 cm³/mol. The highest BCUT2D eigenvalue weighted by Gasteiger charge is 2.32. The third-order valence-electron chi connectivity index (χ3n) is 6.74. The highest BCUT2D eigenvalue weighted by molar-refractivity contribution is 5.82. The molecule has 0 amide bonds. The van der Waals surface area contributed by atoms with E-state index in [0.29, 0.717) is 45.8 Å². The average molecular weight is 524 g/mol. The van der Waals surface area contributed by atoms with E-state index in [1.165, 1.54) is 6.33 Å². The van der Waals surface area contributed by atoms with E-state index in [2.05, 4.69) is 19.9 Å². The molecule has 39 heavy (non-hydrogen) atoms. The van der Waals surface area contributed by atoms with Crippen LogP contribution in [-0.4, -0.2) is 46.7 Å². The van der Waals surface area contributed by atoms with E-state index < -0.39 is 5.60 Å². The van der Waals surface area contributed by atoms with E-state index in [9.17, 15) is 5.11 Å². The number of aryl methyl sites for hydroxylation is 1. The number of benzene rings is 1. The highest BCUT2D eigenvalue weighted by Crippen LogP contribution is 2.45. The van der Waals surface area contributed by atoms with Gasteiger partial charge in [0.2, 0.25) is 11.8 Å². The maximum absolute atomic E-state index is 10.3. The predicted octanol–water partition coefficient (Wildman–Crippen LogP) is 4.57. The maximum atomic E-state index is 10.3. The van der Waals surface area contributed by atoms with Gasteiger partial charge in [-0.25, -0.2) is 24.9 Å². The molecule has 0 bridgehead atoms. The van der Waals surface area contributed by atoms with E-state index in [4.69, 9.17) is 19.4 Å². The number of fused-ring (bicyclic) bond motifs is 1. The first-order valence-corrected chi connectivity index (χ1v) is 12.8. The number of aromatic nitrogens is 7. The first kappa shape index (κ1) is 24.9. The molecule has 10 heteroatoms. The van der Waals surface area contributed by atoms with Crippen LogP contribution >= 0.6 is 0 Å². The van der Waals surface area contributed by atoms with Crippen LogP contribution < -0.4 is 9.47 Å². The molecule has 1 aliphatic carbocycles. The zero-order chi connectivity index (χ0) is 27.1. The topological polar surface area (TPSA) is 121 Å². The van der Waals surface area contributed by atoms with Gasteiger partial charge in [0, 0.05) is 30.9 Å². The van der Waals surface area contributed by atoms with Gasteiger partial charge < -0.3 is 19.1 Å². The molecule has 1 fully saturated rings.